The SMILES string of the molecule is CC(C)n1nccc1NC(=O)COC(=O)c1ccc(Cl)c(S(=O)(=O)NCc2ccccc2)c1. The molecule has 0 saturated heterocycles. The molecule has 174 valence electrons. The fraction of sp³-hybridized carbons (Fsp3) is 0.227. The van der Waals surface area contributed by atoms with Crippen LogP contribution in [-0.4, -0.2) is 36.7 Å². The third kappa shape index (κ3) is 6.41. The van der Waals surface area contributed by atoms with Crippen molar-refractivity contribution in [3.8, 4) is 0 Å². The molecule has 2 aromatic carbocycles. The molecule has 3 rings (SSSR count). The second kappa shape index (κ2) is 10.6. The molecule has 33 heavy (non-hydrogen) atoms. The number of hydrogen-bond donors (Lipinski definition) is 2. The third-order valence-electron chi connectivity index (χ3n) is 4.53. The molecule has 0 aliphatic rings. The summed E-state index contributed by atoms with van der Waals surface area (Å²) in [5, 5.41) is 6.67. The zero-order valence-corrected chi connectivity index (χ0v) is 19.6. The Morgan fingerprint density at radius 3 is 2.55 bits per heavy atom. The molecule has 1 heterocycles. The Bertz CT molecular complexity index is 1240. The topological polar surface area (TPSA) is 119 Å². The summed E-state index contributed by atoms with van der Waals surface area (Å²) in [6.07, 6.45) is 1.54. The maximum atomic E-state index is 12.7. The quantitative estimate of drug-likeness (QED) is 0.444. The maximum Gasteiger partial charge on any atom is 0.338 e. The minimum absolute atomic E-state index is 0.0304. The molecular formula is C22H23ClN4O5S. The van der Waals surface area contributed by atoms with Crippen molar-refractivity contribution in [1.82, 2.24) is 14.5 Å². The largest absolute Gasteiger partial charge is 0.452 e. The lowest BCUT2D eigenvalue weighted by Gasteiger charge is -2.12. The van der Waals surface area contributed by atoms with Gasteiger partial charge >= 0.3 is 5.97 Å². The number of ether oxygens (including phenoxy) is 1. The number of rotatable bonds is 9. The van der Waals surface area contributed by atoms with Gasteiger partial charge in [0, 0.05) is 18.7 Å². The van der Waals surface area contributed by atoms with Crippen LogP contribution in [0.15, 0.2) is 65.7 Å². The first-order valence-corrected chi connectivity index (χ1v) is 11.9. The van der Waals surface area contributed by atoms with Gasteiger partial charge in [0.15, 0.2) is 6.61 Å². The molecule has 0 bridgehead atoms. The standard InChI is InChI=1S/C22H23ClN4O5S/c1-15(2)27-20(10-11-24-27)26-21(28)14-32-22(29)17-8-9-18(23)19(12-17)33(30,31)25-13-16-6-4-3-5-7-16/h3-12,15,25H,13-14H2,1-2H3,(H,26,28). The summed E-state index contributed by atoms with van der Waals surface area (Å²) in [5.41, 5.74) is 0.706. The van der Waals surface area contributed by atoms with Crippen LogP contribution < -0.4 is 10.0 Å². The van der Waals surface area contributed by atoms with Gasteiger partial charge in [0.05, 0.1) is 16.8 Å². The van der Waals surface area contributed by atoms with E-state index in [-0.39, 0.29) is 28.1 Å². The van der Waals surface area contributed by atoms with Crippen LogP contribution >= 0.6 is 11.6 Å². The van der Waals surface area contributed by atoms with Crippen LogP contribution in [0.1, 0.15) is 35.8 Å². The van der Waals surface area contributed by atoms with Crippen molar-refractivity contribution in [3.05, 3.63) is 76.9 Å². The van der Waals surface area contributed by atoms with E-state index >= 15 is 0 Å². The highest BCUT2D eigenvalue weighted by Crippen LogP contribution is 2.23. The number of esters is 1. The Morgan fingerprint density at radius 1 is 1.12 bits per heavy atom. The fourth-order valence-corrected chi connectivity index (χ4v) is 4.45. The van der Waals surface area contributed by atoms with Crippen LogP contribution in [0.25, 0.3) is 0 Å². The number of hydrogen-bond acceptors (Lipinski definition) is 6. The highest BCUT2D eigenvalue weighted by molar-refractivity contribution is 7.89. The molecule has 1 amide bonds. The van der Waals surface area contributed by atoms with Crippen molar-refractivity contribution in [3.63, 3.8) is 0 Å². The molecule has 0 atom stereocenters. The molecule has 0 saturated carbocycles. The van der Waals surface area contributed by atoms with E-state index in [1.807, 2.05) is 19.9 Å². The average molecular weight is 491 g/mol. The van der Waals surface area contributed by atoms with Crippen LogP contribution in [0.2, 0.25) is 5.02 Å². The lowest BCUT2D eigenvalue weighted by atomic mass is 10.2. The molecule has 0 unspecified atom stereocenters. The van der Waals surface area contributed by atoms with Crippen LogP contribution in [0.3, 0.4) is 0 Å². The van der Waals surface area contributed by atoms with Gasteiger partial charge in [0.2, 0.25) is 10.0 Å². The maximum absolute atomic E-state index is 12.7. The van der Waals surface area contributed by atoms with Crippen molar-refractivity contribution in [2.24, 2.45) is 0 Å². The number of sulfonamides is 1. The van der Waals surface area contributed by atoms with Crippen molar-refractivity contribution in [2.75, 3.05) is 11.9 Å². The Labute approximate surface area is 196 Å². The number of nitrogens with one attached hydrogen (secondary N) is 2. The minimum Gasteiger partial charge on any atom is -0.452 e. The number of nitrogens with zero attached hydrogens (tertiary/aromatic N) is 2. The summed E-state index contributed by atoms with van der Waals surface area (Å²) in [4.78, 5) is 24.3. The number of benzene rings is 2. The minimum atomic E-state index is -4.00. The summed E-state index contributed by atoms with van der Waals surface area (Å²) in [6, 6.07) is 14.3. The lowest BCUT2D eigenvalue weighted by Crippen LogP contribution is -2.24. The molecule has 0 aliphatic carbocycles. The van der Waals surface area contributed by atoms with Crippen LogP contribution in [-0.2, 0) is 26.1 Å². The average Bonchev–Trinajstić information content (AvgIpc) is 3.25. The van der Waals surface area contributed by atoms with E-state index in [9.17, 15) is 18.0 Å². The van der Waals surface area contributed by atoms with Gasteiger partial charge in [-0.25, -0.2) is 22.6 Å². The number of carbonyl (C=O) groups excluding carboxylic acids is 2. The number of aromatic nitrogens is 2. The number of halogens is 1. The number of anilines is 1. The normalized spacial score (nSPS) is 11.4. The zero-order valence-electron chi connectivity index (χ0n) is 18.0. The van der Waals surface area contributed by atoms with Crippen LogP contribution in [0, 0.1) is 0 Å². The van der Waals surface area contributed by atoms with E-state index in [0.29, 0.717) is 5.82 Å². The van der Waals surface area contributed by atoms with Gasteiger partial charge in [-0.3, -0.25) is 4.79 Å². The molecule has 9 nitrogen and oxygen atoms in total. The first-order chi connectivity index (χ1) is 15.7. The van der Waals surface area contributed by atoms with Gasteiger partial charge < -0.3 is 10.1 Å². The van der Waals surface area contributed by atoms with Crippen molar-refractivity contribution in [2.45, 2.75) is 31.3 Å². The molecule has 0 spiro atoms. The molecule has 3 aromatic rings. The molecule has 11 heteroatoms. The lowest BCUT2D eigenvalue weighted by molar-refractivity contribution is -0.119. The highest BCUT2D eigenvalue weighted by Gasteiger charge is 2.21. The van der Waals surface area contributed by atoms with E-state index in [2.05, 4.69) is 15.1 Å². The van der Waals surface area contributed by atoms with Gasteiger partial charge in [-0.1, -0.05) is 41.9 Å². The molecule has 0 fully saturated rings. The first kappa shape index (κ1) is 24.4. The Balaban J connectivity index is 1.64. The van der Waals surface area contributed by atoms with E-state index in [1.165, 1.54) is 12.1 Å². The zero-order chi connectivity index (χ0) is 24.0. The van der Waals surface area contributed by atoms with Gasteiger partial charge in [0.1, 0.15) is 10.7 Å². The first-order valence-electron chi connectivity index (χ1n) is 10.0. The summed E-state index contributed by atoms with van der Waals surface area (Å²) >= 11 is 6.07. The van der Waals surface area contributed by atoms with Gasteiger partial charge in [0.25, 0.3) is 5.91 Å². The smallest absolute Gasteiger partial charge is 0.338 e. The number of carbonyl (C=O) groups is 2. The molecular weight excluding hydrogens is 468 g/mol. The van der Waals surface area contributed by atoms with Gasteiger partial charge in [-0.15, -0.1) is 0 Å². The van der Waals surface area contributed by atoms with Crippen molar-refractivity contribution < 1.29 is 22.7 Å². The molecule has 1 aromatic heterocycles. The van der Waals surface area contributed by atoms with E-state index in [1.54, 1.807) is 41.2 Å². The van der Waals surface area contributed by atoms with Crippen LogP contribution in [0.5, 0.6) is 0 Å². The van der Waals surface area contributed by atoms with E-state index in [0.717, 1.165) is 11.6 Å². The van der Waals surface area contributed by atoms with E-state index < -0.39 is 28.5 Å². The third-order valence-corrected chi connectivity index (χ3v) is 6.41. The predicted molar refractivity (Wildman–Crippen MR) is 123 cm³/mol. The Morgan fingerprint density at radius 2 is 1.85 bits per heavy atom. The molecule has 0 aliphatic heterocycles. The molecule has 0 radical (unpaired) electrons. The van der Waals surface area contributed by atoms with Gasteiger partial charge in [-0.05, 0) is 37.6 Å². The van der Waals surface area contributed by atoms with Crippen molar-refractivity contribution >= 4 is 39.3 Å². The van der Waals surface area contributed by atoms with Crippen LogP contribution in [0.4, 0.5) is 5.82 Å². The van der Waals surface area contributed by atoms with Gasteiger partial charge in [-0.2, -0.15) is 5.10 Å². The Kier molecular flexibility index (Phi) is 7.85. The number of amides is 1. The summed E-state index contributed by atoms with van der Waals surface area (Å²) in [6.45, 7) is 3.31. The predicted octanol–water partition coefficient (Wildman–Crippen LogP) is 3.39. The monoisotopic (exact) mass is 490 g/mol. The summed E-state index contributed by atoms with van der Waals surface area (Å²) in [5.74, 6) is -0.953. The second-order valence-electron chi connectivity index (χ2n) is 7.33. The summed E-state index contributed by atoms with van der Waals surface area (Å²) in [7, 11) is -4.00. The van der Waals surface area contributed by atoms with Crippen molar-refractivity contribution in [1.29, 1.82) is 0 Å². The molecule has 2 N–H and O–H groups in total. The fourth-order valence-electron chi connectivity index (χ4n) is 2.91. The highest BCUT2D eigenvalue weighted by atomic mass is 35.5. The van der Waals surface area contributed by atoms with E-state index in [4.69, 9.17) is 16.3 Å². The Hall–Kier alpha value is -3.21. The second-order valence-corrected chi connectivity index (χ2v) is 9.48. The summed E-state index contributed by atoms with van der Waals surface area (Å²) < 4.78 is 34.5.